The van der Waals surface area contributed by atoms with Crippen molar-refractivity contribution in [3.8, 4) is 11.5 Å². The van der Waals surface area contributed by atoms with Gasteiger partial charge in [0, 0.05) is 18.2 Å². The molecule has 7 nitrogen and oxygen atoms in total. The summed E-state index contributed by atoms with van der Waals surface area (Å²) in [5.41, 5.74) is 1.57. The Kier molecular flexibility index (Phi) is 4.69. The third kappa shape index (κ3) is 3.65. The fourth-order valence-corrected chi connectivity index (χ4v) is 3.53. The van der Waals surface area contributed by atoms with Gasteiger partial charge in [0.2, 0.25) is 5.78 Å². The second-order valence-corrected chi connectivity index (χ2v) is 7.22. The third-order valence-corrected chi connectivity index (χ3v) is 5.13. The van der Waals surface area contributed by atoms with E-state index in [1.165, 1.54) is 47.7 Å². The first kappa shape index (κ1) is 18.6. The zero-order chi connectivity index (χ0) is 20.5. The van der Waals surface area contributed by atoms with Crippen molar-refractivity contribution in [2.24, 2.45) is 0 Å². The highest BCUT2D eigenvalue weighted by atomic mass is 32.1. The third-order valence-electron chi connectivity index (χ3n) is 4.28. The quantitative estimate of drug-likeness (QED) is 0.203. The molecule has 0 fully saturated rings. The molecule has 0 aliphatic carbocycles. The van der Waals surface area contributed by atoms with E-state index in [0.717, 1.165) is 0 Å². The van der Waals surface area contributed by atoms with Crippen LogP contribution in [0.4, 0.5) is 5.69 Å². The second kappa shape index (κ2) is 7.33. The highest BCUT2D eigenvalue weighted by Gasteiger charge is 2.30. The lowest BCUT2D eigenvalue weighted by molar-refractivity contribution is -0.384. The van der Waals surface area contributed by atoms with Gasteiger partial charge in [-0.25, -0.2) is 4.79 Å². The molecular weight excluding hydrogens is 394 g/mol. The van der Waals surface area contributed by atoms with Gasteiger partial charge in [-0.05, 0) is 53.8 Å². The first-order valence-electron chi connectivity index (χ1n) is 8.51. The molecule has 144 valence electrons. The van der Waals surface area contributed by atoms with Crippen molar-refractivity contribution in [3.05, 3.63) is 91.4 Å². The minimum absolute atomic E-state index is 0.0397. The van der Waals surface area contributed by atoms with E-state index in [0.29, 0.717) is 27.3 Å². The number of ether oxygens (including phenoxy) is 2. The van der Waals surface area contributed by atoms with Gasteiger partial charge in [0.05, 0.1) is 10.5 Å². The van der Waals surface area contributed by atoms with Crippen LogP contribution in [-0.4, -0.2) is 16.7 Å². The highest BCUT2D eigenvalue weighted by molar-refractivity contribution is 7.12. The van der Waals surface area contributed by atoms with Gasteiger partial charge in [-0.15, -0.1) is 11.3 Å². The minimum atomic E-state index is -0.494. The number of thiophene rings is 1. The van der Waals surface area contributed by atoms with Crippen LogP contribution < -0.4 is 9.47 Å². The van der Waals surface area contributed by atoms with Crippen molar-refractivity contribution in [1.29, 1.82) is 0 Å². The summed E-state index contributed by atoms with van der Waals surface area (Å²) in [5, 5.41) is 12.5. The van der Waals surface area contributed by atoms with Crippen molar-refractivity contribution in [1.82, 2.24) is 0 Å². The molecule has 4 rings (SSSR count). The molecule has 29 heavy (non-hydrogen) atoms. The van der Waals surface area contributed by atoms with Crippen LogP contribution in [0.3, 0.4) is 0 Å². The molecule has 0 spiro atoms. The maximum absolute atomic E-state index is 12.7. The predicted octanol–water partition coefficient (Wildman–Crippen LogP) is 4.80. The van der Waals surface area contributed by atoms with Crippen LogP contribution in [-0.2, 0) is 0 Å². The summed E-state index contributed by atoms with van der Waals surface area (Å²) in [4.78, 5) is 35.6. The number of rotatable bonds is 4. The van der Waals surface area contributed by atoms with Crippen molar-refractivity contribution in [2.75, 3.05) is 0 Å². The number of nitrogens with zero attached hydrogens (tertiary/aromatic N) is 1. The van der Waals surface area contributed by atoms with Gasteiger partial charge in [0.25, 0.3) is 5.69 Å². The van der Waals surface area contributed by atoms with E-state index in [4.69, 9.17) is 9.47 Å². The van der Waals surface area contributed by atoms with Crippen molar-refractivity contribution in [2.45, 2.75) is 6.92 Å². The number of fused-ring (bicyclic) bond motifs is 1. The molecule has 0 amide bonds. The number of Topliss-reactive ketones (excluding diaryl/α,β-unsaturated/α-hetero) is 1. The number of aryl methyl sites for hydroxylation is 1. The van der Waals surface area contributed by atoms with Crippen LogP contribution in [0.15, 0.2) is 59.7 Å². The Balaban J connectivity index is 1.59. The Morgan fingerprint density at radius 1 is 1.21 bits per heavy atom. The number of hydrogen-bond acceptors (Lipinski definition) is 7. The van der Waals surface area contributed by atoms with Crippen molar-refractivity contribution < 1.29 is 24.0 Å². The summed E-state index contributed by atoms with van der Waals surface area (Å²) in [6.45, 7) is 1.73. The molecule has 0 radical (unpaired) electrons. The molecule has 3 aromatic rings. The Labute approximate surface area is 169 Å². The maximum atomic E-state index is 12.7. The lowest BCUT2D eigenvalue weighted by Gasteiger charge is -2.06. The van der Waals surface area contributed by atoms with Gasteiger partial charge in [0.1, 0.15) is 16.4 Å². The lowest BCUT2D eigenvalue weighted by Crippen LogP contribution is -2.06. The van der Waals surface area contributed by atoms with Gasteiger partial charge in [0.15, 0.2) is 5.76 Å². The molecule has 1 aliphatic heterocycles. The molecule has 8 heteroatoms. The summed E-state index contributed by atoms with van der Waals surface area (Å²) in [6, 6.07) is 12.3. The zero-order valence-electron chi connectivity index (χ0n) is 15.1. The van der Waals surface area contributed by atoms with Gasteiger partial charge >= 0.3 is 5.97 Å². The molecule has 2 aromatic carbocycles. The minimum Gasteiger partial charge on any atom is -0.452 e. The Morgan fingerprint density at radius 3 is 2.62 bits per heavy atom. The summed E-state index contributed by atoms with van der Waals surface area (Å²) in [6.07, 6.45) is 1.52. The second-order valence-electron chi connectivity index (χ2n) is 6.27. The van der Waals surface area contributed by atoms with Crippen LogP contribution >= 0.6 is 11.3 Å². The van der Waals surface area contributed by atoms with Crippen LogP contribution in [0.2, 0.25) is 0 Å². The van der Waals surface area contributed by atoms with E-state index in [-0.39, 0.29) is 23.0 Å². The number of carbonyl (C=O) groups is 2. The van der Waals surface area contributed by atoms with Gasteiger partial charge in [-0.3, -0.25) is 14.9 Å². The van der Waals surface area contributed by atoms with E-state index in [1.54, 1.807) is 30.5 Å². The molecule has 0 atom stereocenters. The van der Waals surface area contributed by atoms with E-state index in [1.807, 2.05) is 0 Å². The van der Waals surface area contributed by atoms with Crippen LogP contribution in [0.5, 0.6) is 11.5 Å². The number of carbonyl (C=O) groups excluding carboxylic acids is 2. The molecule has 0 N–H and O–H groups in total. The first-order valence-corrected chi connectivity index (χ1v) is 9.39. The Bertz CT molecular complexity index is 1160. The topological polar surface area (TPSA) is 95.7 Å². The lowest BCUT2D eigenvalue weighted by atomic mass is 10.0. The van der Waals surface area contributed by atoms with E-state index >= 15 is 0 Å². The monoisotopic (exact) mass is 407 g/mol. The molecule has 0 unspecified atom stereocenters. The molecular formula is C21H13NO6S. The predicted molar refractivity (Wildman–Crippen MR) is 106 cm³/mol. The zero-order valence-corrected chi connectivity index (χ0v) is 15.9. The summed E-state index contributed by atoms with van der Waals surface area (Å²) < 4.78 is 11.1. The standard InChI is InChI=1S/C21H13NO6S/c1-12-9-15(27-21(24)18-3-2-8-29-18)11-16-19(12)20(23)17(28-16)10-13-4-6-14(7-5-13)22(25)26/h2-11H,1H3/b17-10-. The maximum Gasteiger partial charge on any atom is 0.353 e. The molecule has 2 heterocycles. The number of allylic oxidation sites excluding steroid dienone is 1. The number of non-ortho nitro benzene ring substituents is 1. The van der Waals surface area contributed by atoms with Crippen molar-refractivity contribution >= 4 is 34.9 Å². The normalized spacial score (nSPS) is 13.8. The number of hydrogen-bond donors (Lipinski definition) is 0. The average Bonchev–Trinajstić information content (AvgIpc) is 3.31. The molecule has 0 saturated carbocycles. The fraction of sp³-hybridized carbons (Fsp3) is 0.0476. The van der Waals surface area contributed by atoms with Gasteiger partial charge in [-0.2, -0.15) is 0 Å². The van der Waals surface area contributed by atoms with Crippen LogP contribution in [0, 0.1) is 17.0 Å². The molecule has 1 aromatic heterocycles. The van der Waals surface area contributed by atoms with Crippen LogP contribution in [0.1, 0.15) is 31.2 Å². The Morgan fingerprint density at radius 2 is 1.97 bits per heavy atom. The average molecular weight is 407 g/mol. The van der Waals surface area contributed by atoms with Gasteiger partial charge < -0.3 is 9.47 Å². The smallest absolute Gasteiger partial charge is 0.353 e. The fourth-order valence-electron chi connectivity index (χ4n) is 2.93. The van der Waals surface area contributed by atoms with E-state index in [2.05, 4.69) is 0 Å². The molecule has 1 aliphatic rings. The number of benzene rings is 2. The summed E-state index contributed by atoms with van der Waals surface area (Å²) in [7, 11) is 0. The SMILES string of the molecule is Cc1cc(OC(=O)c2cccs2)cc2c1C(=O)/C(=C/c1ccc([N+](=O)[O-])cc1)O2. The summed E-state index contributed by atoms with van der Waals surface area (Å²) in [5.74, 6) is -0.0998. The molecule has 0 saturated heterocycles. The van der Waals surface area contributed by atoms with Crippen molar-refractivity contribution in [3.63, 3.8) is 0 Å². The van der Waals surface area contributed by atoms with E-state index in [9.17, 15) is 19.7 Å². The summed E-state index contributed by atoms with van der Waals surface area (Å²) >= 11 is 1.27. The van der Waals surface area contributed by atoms with E-state index < -0.39 is 10.9 Å². The Hall–Kier alpha value is -3.78. The molecule has 0 bridgehead atoms. The number of nitro benzene ring substituents is 1. The first-order chi connectivity index (χ1) is 13.9. The highest BCUT2D eigenvalue weighted by Crippen LogP contribution is 2.37. The van der Waals surface area contributed by atoms with Gasteiger partial charge in [-0.1, -0.05) is 6.07 Å². The van der Waals surface area contributed by atoms with Crippen LogP contribution in [0.25, 0.3) is 6.08 Å². The number of nitro groups is 1. The largest absolute Gasteiger partial charge is 0.452 e. The number of esters is 1. The number of ketones is 1.